The molecule has 1 rings (SSSR count). The molecule has 1 aromatic rings. The topological polar surface area (TPSA) is 63.5 Å². The van der Waals surface area contributed by atoms with Gasteiger partial charge in [0.25, 0.3) is 5.91 Å². The van der Waals surface area contributed by atoms with Gasteiger partial charge >= 0.3 is 0 Å². The summed E-state index contributed by atoms with van der Waals surface area (Å²) in [5.41, 5.74) is 0.782. The highest BCUT2D eigenvalue weighted by atomic mass is 16.5. The fourth-order valence-corrected chi connectivity index (χ4v) is 2.33. The maximum atomic E-state index is 11.7. The first-order valence-electron chi connectivity index (χ1n) is 8.98. The smallest absolute Gasteiger partial charge is 0.287 e. The number of rotatable bonds is 14. The maximum Gasteiger partial charge on any atom is 0.287 e. The Balaban J connectivity index is 2.00. The highest BCUT2D eigenvalue weighted by Gasteiger charge is 2.08. The van der Waals surface area contributed by atoms with Crippen molar-refractivity contribution >= 4 is 5.91 Å². The average molecular weight is 336 g/mol. The molecule has 0 saturated heterocycles. The van der Waals surface area contributed by atoms with Crippen molar-refractivity contribution < 1.29 is 13.9 Å². The van der Waals surface area contributed by atoms with Gasteiger partial charge in [0.15, 0.2) is 5.76 Å². The van der Waals surface area contributed by atoms with Gasteiger partial charge in [-0.3, -0.25) is 4.79 Å². The summed E-state index contributed by atoms with van der Waals surface area (Å²) >= 11 is 0. The Hall–Kier alpha value is -1.75. The van der Waals surface area contributed by atoms with E-state index in [2.05, 4.69) is 31.1 Å². The Bertz CT molecular complexity index is 457. The molecule has 0 aliphatic carbocycles. The monoisotopic (exact) mass is 336 g/mol. The summed E-state index contributed by atoms with van der Waals surface area (Å²) in [4.78, 5) is 11.7. The highest BCUT2D eigenvalue weighted by Crippen LogP contribution is 2.12. The van der Waals surface area contributed by atoms with Gasteiger partial charge in [-0.05, 0) is 30.9 Å². The van der Waals surface area contributed by atoms with E-state index in [1.54, 1.807) is 12.1 Å². The van der Waals surface area contributed by atoms with E-state index >= 15 is 0 Å². The van der Waals surface area contributed by atoms with Crippen molar-refractivity contribution in [2.24, 2.45) is 5.92 Å². The molecule has 0 aliphatic rings. The van der Waals surface area contributed by atoms with Gasteiger partial charge in [-0.2, -0.15) is 0 Å². The van der Waals surface area contributed by atoms with Gasteiger partial charge in [0.2, 0.25) is 0 Å². The van der Waals surface area contributed by atoms with Crippen LogP contribution in [0.3, 0.4) is 0 Å². The van der Waals surface area contributed by atoms with Crippen molar-refractivity contribution in [3.63, 3.8) is 0 Å². The average Bonchev–Trinajstić information content (AvgIpc) is 3.13. The minimum Gasteiger partial charge on any atom is -0.459 e. The van der Waals surface area contributed by atoms with Gasteiger partial charge in [0, 0.05) is 25.5 Å². The Kier molecular flexibility index (Phi) is 10.7. The molecule has 1 unspecified atom stereocenters. The first kappa shape index (κ1) is 20.3. The number of furan rings is 1. The molecule has 0 radical (unpaired) electrons. The molecule has 0 spiro atoms. The lowest BCUT2D eigenvalue weighted by Crippen LogP contribution is -2.30. The molecule has 0 aliphatic heterocycles. The molecule has 1 atom stereocenters. The summed E-state index contributed by atoms with van der Waals surface area (Å²) in [6.45, 7) is 11.1. The molecule has 0 bridgehead atoms. The summed E-state index contributed by atoms with van der Waals surface area (Å²) < 4.78 is 10.8. The quantitative estimate of drug-likeness (QED) is 0.508. The van der Waals surface area contributed by atoms with Gasteiger partial charge in [0.1, 0.15) is 0 Å². The number of amides is 1. The highest BCUT2D eigenvalue weighted by molar-refractivity contribution is 5.91. The summed E-state index contributed by atoms with van der Waals surface area (Å²) in [7, 11) is 0. The van der Waals surface area contributed by atoms with E-state index in [1.807, 2.05) is 0 Å². The normalized spacial score (nSPS) is 11.9. The first-order valence-corrected chi connectivity index (χ1v) is 8.98. The van der Waals surface area contributed by atoms with Gasteiger partial charge < -0.3 is 19.8 Å². The predicted molar refractivity (Wildman–Crippen MR) is 96.9 cm³/mol. The zero-order valence-corrected chi connectivity index (χ0v) is 15.1. The Labute approximate surface area is 145 Å². The molecule has 0 saturated carbocycles. The molecule has 2 N–H and O–H groups in total. The van der Waals surface area contributed by atoms with Crippen molar-refractivity contribution in [3.8, 4) is 0 Å². The van der Waals surface area contributed by atoms with Crippen molar-refractivity contribution in [1.82, 2.24) is 10.6 Å². The Morgan fingerprint density at radius 1 is 1.33 bits per heavy atom. The van der Waals surface area contributed by atoms with Crippen molar-refractivity contribution in [3.05, 3.63) is 36.4 Å². The molecule has 5 nitrogen and oxygen atoms in total. The molecular formula is C19H32N2O3. The number of carbonyl (C=O) groups is 1. The Morgan fingerprint density at radius 3 is 2.83 bits per heavy atom. The maximum absolute atomic E-state index is 11.7. The number of hydrogen-bond acceptors (Lipinski definition) is 4. The van der Waals surface area contributed by atoms with Gasteiger partial charge in [-0.25, -0.2) is 0 Å². The van der Waals surface area contributed by atoms with Crippen LogP contribution < -0.4 is 10.6 Å². The van der Waals surface area contributed by atoms with E-state index in [-0.39, 0.29) is 5.91 Å². The lowest BCUT2D eigenvalue weighted by atomic mass is 10.0. The Morgan fingerprint density at radius 2 is 2.17 bits per heavy atom. The van der Waals surface area contributed by atoms with Crippen LogP contribution >= 0.6 is 0 Å². The van der Waals surface area contributed by atoms with Crippen LogP contribution in [-0.2, 0) is 4.74 Å². The largest absolute Gasteiger partial charge is 0.459 e. The number of hydrogen-bond donors (Lipinski definition) is 2. The lowest BCUT2D eigenvalue weighted by molar-refractivity contribution is 0.0917. The third-order valence-corrected chi connectivity index (χ3v) is 3.94. The molecule has 24 heavy (non-hydrogen) atoms. The SMILES string of the molecule is C=C(CNC(=O)c1ccco1)NCCCOCC(CC)CCCC. The predicted octanol–water partition coefficient (Wildman–Crippen LogP) is 3.74. The number of unbranched alkanes of at least 4 members (excludes halogenated alkanes) is 1. The molecule has 5 heteroatoms. The van der Waals surface area contributed by atoms with Gasteiger partial charge in [-0.15, -0.1) is 0 Å². The summed E-state index contributed by atoms with van der Waals surface area (Å²) in [5, 5.41) is 5.95. The molecular weight excluding hydrogens is 304 g/mol. The van der Waals surface area contributed by atoms with Crippen molar-refractivity contribution in [1.29, 1.82) is 0 Å². The molecule has 0 aromatic carbocycles. The lowest BCUT2D eigenvalue weighted by Gasteiger charge is -2.15. The van der Waals surface area contributed by atoms with Crippen molar-refractivity contribution in [2.45, 2.75) is 46.0 Å². The third-order valence-electron chi connectivity index (χ3n) is 3.94. The second-order valence-electron chi connectivity index (χ2n) is 6.04. The van der Waals surface area contributed by atoms with Crippen LogP contribution in [0.4, 0.5) is 0 Å². The molecule has 0 fully saturated rings. The van der Waals surface area contributed by atoms with Crippen LogP contribution in [-0.4, -0.2) is 32.2 Å². The molecule has 1 heterocycles. The minimum absolute atomic E-state index is 0.232. The zero-order chi connectivity index (χ0) is 17.6. The molecule has 1 aromatic heterocycles. The summed E-state index contributed by atoms with van der Waals surface area (Å²) in [6.07, 6.45) is 7.39. The summed E-state index contributed by atoms with van der Waals surface area (Å²) in [6, 6.07) is 3.32. The summed E-state index contributed by atoms with van der Waals surface area (Å²) in [5.74, 6) is 0.762. The van der Waals surface area contributed by atoms with E-state index in [0.717, 1.165) is 31.9 Å². The van der Waals surface area contributed by atoms with Crippen LogP contribution in [0.15, 0.2) is 35.1 Å². The van der Waals surface area contributed by atoms with Gasteiger partial charge in [0.05, 0.1) is 12.8 Å². The van der Waals surface area contributed by atoms with E-state index in [1.165, 1.54) is 31.9 Å². The van der Waals surface area contributed by atoms with Crippen LogP contribution in [0.25, 0.3) is 0 Å². The van der Waals surface area contributed by atoms with Gasteiger partial charge in [-0.1, -0.05) is 39.7 Å². The van der Waals surface area contributed by atoms with Crippen LogP contribution in [0, 0.1) is 5.92 Å². The van der Waals surface area contributed by atoms with E-state index < -0.39 is 0 Å². The van der Waals surface area contributed by atoms with E-state index in [9.17, 15) is 4.79 Å². The minimum atomic E-state index is -0.232. The van der Waals surface area contributed by atoms with Crippen LogP contribution in [0.2, 0.25) is 0 Å². The fraction of sp³-hybridized carbons (Fsp3) is 0.632. The molecule has 136 valence electrons. The molecule has 1 amide bonds. The second-order valence-corrected chi connectivity index (χ2v) is 6.04. The number of nitrogens with one attached hydrogen (secondary N) is 2. The van der Waals surface area contributed by atoms with Crippen molar-refractivity contribution in [2.75, 3.05) is 26.3 Å². The third kappa shape index (κ3) is 8.77. The second kappa shape index (κ2) is 12.6. The van der Waals surface area contributed by atoms with E-state index in [4.69, 9.17) is 9.15 Å². The first-order chi connectivity index (χ1) is 11.7. The fourth-order valence-electron chi connectivity index (χ4n) is 2.33. The standard InChI is InChI=1S/C19H32N2O3/c1-4-6-9-17(5-2)15-23-12-8-11-20-16(3)14-21-19(22)18-10-7-13-24-18/h7,10,13,17,20H,3-6,8-9,11-12,14-15H2,1-2H3,(H,21,22). The number of ether oxygens (including phenoxy) is 1. The van der Waals surface area contributed by atoms with Crippen LogP contribution in [0.1, 0.15) is 56.5 Å². The number of carbonyl (C=O) groups excluding carboxylic acids is 1. The zero-order valence-electron chi connectivity index (χ0n) is 15.1. The van der Waals surface area contributed by atoms with E-state index in [0.29, 0.717) is 18.2 Å². The van der Waals surface area contributed by atoms with Crippen LogP contribution in [0.5, 0.6) is 0 Å².